The molecule has 1 aromatic rings. The number of aromatic amines is 1. The highest BCUT2D eigenvalue weighted by Crippen LogP contribution is 2.08. The van der Waals surface area contributed by atoms with Gasteiger partial charge in [-0.2, -0.15) is 0 Å². The quantitative estimate of drug-likeness (QED) is 0.708. The van der Waals surface area contributed by atoms with Crippen LogP contribution < -0.4 is 11.1 Å². The van der Waals surface area contributed by atoms with Gasteiger partial charge in [-0.15, -0.1) is 0 Å². The molecular formula is C13H21N3O4. The molecule has 0 aromatic carbocycles. The van der Waals surface area contributed by atoms with Crippen molar-refractivity contribution < 1.29 is 9.90 Å². The molecule has 20 heavy (non-hydrogen) atoms. The Morgan fingerprint density at radius 2 is 2.00 bits per heavy atom. The Morgan fingerprint density at radius 1 is 1.35 bits per heavy atom. The van der Waals surface area contributed by atoms with E-state index in [-0.39, 0.29) is 31.6 Å². The molecule has 112 valence electrons. The molecule has 2 N–H and O–H groups in total. The number of hydrogen-bond donors (Lipinski definition) is 2. The molecule has 0 saturated heterocycles. The van der Waals surface area contributed by atoms with Gasteiger partial charge in [-0.25, -0.2) is 4.68 Å². The van der Waals surface area contributed by atoms with Gasteiger partial charge < -0.3 is 10.0 Å². The van der Waals surface area contributed by atoms with E-state index in [0.717, 1.165) is 29.7 Å². The maximum atomic E-state index is 12.3. The van der Waals surface area contributed by atoms with E-state index in [1.165, 1.54) is 0 Å². The number of nitrogens with zero attached hydrogens (tertiary/aromatic N) is 2. The van der Waals surface area contributed by atoms with Crippen LogP contribution in [0.3, 0.4) is 0 Å². The van der Waals surface area contributed by atoms with Gasteiger partial charge >= 0.3 is 0 Å². The maximum absolute atomic E-state index is 12.3. The molecule has 0 saturated carbocycles. The van der Waals surface area contributed by atoms with E-state index in [2.05, 4.69) is 5.10 Å². The van der Waals surface area contributed by atoms with Crippen molar-refractivity contribution >= 4 is 5.91 Å². The molecule has 0 fully saturated rings. The summed E-state index contributed by atoms with van der Waals surface area (Å²) in [4.78, 5) is 36.6. The third kappa shape index (κ3) is 4.06. The Morgan fingerprint density at radius 3 is 2.55 bits per heavy atom. The summed E-state index contributed by atoms with van der Waals surface area (Å²) in [7, 11) is 0. The predicted molar refractivity (Wildman–Crippen MR) is 74.5 cm³/mol. The highest BCUT2D eigenvalue weighted by atomic mass is 16.3. The number of aliphatic hydroxyl groups is 1. The lowest BCUT2D eigenvalue weighted by Crippen LogP contribution is -2.45. The third-order valence-electron chi connectivity index (χ3n) is 3.23. The first-order chi connectivity index (χ1) is 9.53. The van der Waals surface area contributed by atoms with E-state index in [1.54, 1.807) is 4.90 Å². The van der Waals surface area contributed by atoms with E-state index in [4.69, 9.17) is 5.11 Å². The third-order valence-corrected chi connectivity index (χ3v) is 3.23. The van der Waals surface area contributed by atoms with Crippen LogP contribution >= 0.6 is 0 Å². The number of aromatic nitrogens is 2. The average Bonchev–Trinajstić information content (AvgIpc) is 2.43. The van der Waals surface area contributed by atoms with Crippen LogP contribution in [0.2, 0.25) is 0 Å². The van der Waals surface area contributed by atoms with Crippen LogP contribution in [-0.2, 0) is 11.3 Å². The molecule has 1 aromatic heterocycles. The van der Waals surface area contributed by atoms with E-state index >= 15 is 0 Å². The predicted octanol–water partition coefficient (Wildman–Crippen LogP) is -0.454. The fourth-order valence-corrected chi connectivity index (χ4v) is 2.15. The van der Waals surface area contributed by atoms with Gasteiger partial charge in [0.1, 0.15) is 6.54 Å². The molecule has 0 radical (unpaired) electrons. The summed E-state index contributed by atoms with van der Waals surface area (Å²) in [5.74, 6) is -0.295. The Bertz CT molecular complexity index is 545. The first-order valence-corrected chi connectivity index (χ1v) is 6.74. The minimum atomic E-state index is -0.438. The van der Waals surface area contributed by atoms with Crippen molar-refractivity contribution in [3.8, 4) is 0 Å². The minimum absolute atomic E-state index is 0.0146. The lowest BCUT2D eigenvalue weighted by molar-refractivity contribution is -0.135. The van der Waals surface area contributed by atoms with Crippen molar-refractivity contribution in [1.29, 1.82) is 0 Å². The average molecular weight is 283 g/mol. The molecule has 7 nitrogen and oxygen atoms in total. The Labute approximate surface area is 116 Å². The van der Waals surface area contributed by atoms with Crippen molar-refractivity contribution in [1.82, 2.24) is 14.7 Å². The van der Waals surface area contributed by atoms with Gasteiger partial charge in [-0.3, -0.25) is 19.5 Å². The second-order valence-electron chi connectivity index (χ2n) is 4.51. The molecule has 1 rings (SSSR count). The smallest absolute Gasteiger partial charge is 0.265 e. The summed E-state index contributed by atoms with van der Waals surface area (Å²) >= 11 is 0. The second kappa shape index (κ2) is 7.64. The highest BCUT2D eigenvalue weighted by molar-refractivity contribution is 5.76. The van der Waals surface area contributed by atoms with Gasteiger partial charge in [0.15, 0.2) is 0 Å². The van der Waals surface area contributed by atoms with Crippen molar-refractivity contribution in [2.75, 3.05) is 13.2 Å². The van der Waals surface area contributed by atoms with Crippen LogP contribution in [0.25, 0.3) is 0 Å². The Balaban J connectivity index is 2.93. The molecule has 0 bridgehead atoms. The SMILES string of the molecule is CCC(CC)N(CCO)C(=O)Cn1[nH]c(=O)ccc1=O. The minimum Gasteiger partial charge on any atom is -0.395 e. The van der Waals surface area contributed by atoms with E-state index in [1.807, 2.05) is 13.8 Å². The van der Waals surface area contributed by atoms with Crippen molar-refractivity contribution in [2.24, 2.45) is 0 Å². The Hall–Kier alpha value is -1.89. The van der Waals surface area contributed by atoms with Crippen molar-refractivity contribution in [2.45, 2.75) is 39.3 Å². The van der Waals surface area contributed by atoms with Crippen molar-refractivity contribution in [3.05, 3.63) is 32.8 Å². The number of nitrogens with one attached hydrogen (secondary N) is 1. The molecule has 0 aliphatic rings. The summed E-state index contributed by atoms with van der Waals surface area (Å²) in [6, 6.07) is 2.26. The molecule has 0 aliphatic heterocycles. The van der Waals surface area contributed by atoms with Crippen LogP contribution in [0.4, 0.5) is 0 Å². The Kier molecular flexibility index (Phi) is 6.17. The van der Waals surface area contributed by atoms with E-state index in [0.29, 0.717) is 0 Å². The zero-order chi connectivity index (χ0) is 15.1. The summed E-state index contributed by atoms with van der Waals surface area (Å²) in [5.41, 5.74) is -0.875. The molecule has 0 aliphatic carbocycles. The van der Waals surface area contributed by atoms with Gasteiger partial charge in [0.05, 0.1) is 6.61 Å². The van der Waals surface area contributed by atoms with Gasteiger partial charge in [0.2, 0.25) is 5.91 Å². The number of carbonyl (C=O) groups is 1. The van der Waals surface area contributed by atoms with Gasteiger partial charge in [-0.1, -0.05) is 13.8 Å². The number of H-pyrrole nitrogens is 1. The lowest BCUT2D eigenvalue weighted by atomic mass is 10.1. The number of rotatable bonds is 7. The summed E-state index contributed by atoms with van der Waals surface area (Å²) < 4.78 is 0.984. The zero-order valence-electron chi connectivity index (χ0n) is 11.8. The monoisotopic (exact) mass is 283 g/mol. The van der Waals surface area contributed by atoms with Crippen molar-refractivity contribution in [3.63, 3.8) is 0 Å². The van der Waals surface area contributed by atoms with E-state index < -0.39 is 11.1 Å². The van der Waals surface area contributed by atoms with Gasteiger partial charge in [0.25, 0.3) is 11.1 Å². The van der Waals surface area contributed by atoms with Crippen LogP contribution in [0.5, 0.6) is 0 Å². The van der Waals surface area contributed by atoms with Gasteiger partial charge in [0, 0.05) is 24.7 Å². The zero-order valence-corrected chi connectivity index (χ0v) is 11.8. The maximum Gasteiger partial charge on any atom is 0.265 e. The van der Waals surface area contributed by atoms with Crippen LogP contribution in [0.1, 0.15) is 26.7 Å². The standard InChI is InChI=1S/C13H21N3O4/c1-3-10(4-2)15(7-8-17)13(20)9-16-12(19)6-5-11(18)14-16/h5-6,10,17H,3-4,7-9H2,1-2H3,(H,14,18). The number of carbonyl (C=O) groups excluding carboxylic acids is 1. The van der Waals surface area contributed by atoms with Crippen LogP contribution in [-0.4, -0.2) is 44.9 Å². The first-order valence-electron chi connectivity index (χ1n) is 6.74. The molecule has 0 atom stereocenters. The largest absolute Gasteiger partial charge is 0.395 e. The topological polar surface area (TPSA) is 95.4 Å². The number of amides is 1. The summed E-state index contributed by atoms with van der Waals surface area (Å²) in [5, 5.41) is 11.4. The second-order valence-corrected chi connectivity index (χ2v) is 4.51. The number of hydrogen-bond acceptors (Lipinski definition) is 4. The number of aliphatic hydroxyl groups excluding tert-OH is 1. The molecular weight excluding hydrogens is 262 g/mol. The van der Waals surface area contributed by atoms with Crippen LogP contribution in [0.15, 0.2) is 21.7 Å². The normalized spacial score (nSPS) is 10.8. The lowest BCUT2D eigenvalue weighted by Gasteiger charge is -2.30. The van der Waals surface area contributed by atoms with Crippen LogP contribution in [0, 0.1) is 0 Å². The summed E-state index contributed by atoms with van der Waals surface area (Å²) in [6.45, 7) is 3.77. The first kappa shape index (κ1) is 16.2. The molecule has 7 heteroatoms. The highest BCUT2D eigenvalue weighted by Gasteiger charge is 2.21. The fraction of sp³-hybridized carbons (Fsp3) is 0.615. The molecule has 1 heterocycles. The van der Waals surface area contributed by atoms with E-state index in [9.17, 15) is 14.4 Å². The molecule has 0 spiro atoms. The van der Waals surface area contributed by atoms with Gasteiger partial charge in [-0.05, 0) is 12.8 Å². The molecule has 1 amide bonds. The fourth-order valence-electron chi connectivity index (χ4n) is 2.15. The summed E-state index contributed by atoms with van der Waals surface area (Å²) in [6.07, 6.45) is 1.53. The molecule has 0 unspecified atom stereocenters.